The monoisotopic (exact) mass is 454 g/mol. The summed E-state index contributed by atoms with van der Waals surface area (Å²) in [6, 6.07) is 6.05. The highest BCUT2D eigenvalue weighted by atomic mass is 79.9. The number of rotatable bonds is 4. The van der Waals surface area contributed by atoms with Crippen LogP contribution in [0.3, 0.4) is 0 Å². The first-order valence-electron chi connectivity index (χ1n) is 8.30. The number of fused-ring (bicyclic) bond motifs is 1. The second-order valence-corrected chi connectivity index (χ2v) is 7.82. The van der Waals surface area contributed by atoms with E-state index in [1.807, 2.05) is 18.2 Å². The highest BCUT2D eigenvalue weighted by molar-refractivity contribution is 9.11. The molecule has 4 nitrogen and oxygen atoms in total. The van der Waals surface area contributed by atoms with E-state index in [1.54, 1.807) is 6.20 Å². The highest BCUT2D eigenvalue weighted by Crippen LogP contribution is 2.37. The van der Waals surface area contributed by atoms with Crippen LogP contribution < -0.4 is 10.1 Å². The summed E-state index contributed by atoms with van der Waals surface area (Å²) in [7, 11) is 0. The molecular formula is C18H20Br2N2O2. The van der Waals surface area contributed by atoms with Crippen molar-refractivity contribution in [1.82, 2.24) is 10.3 Å². The fourth-order valence-electron chi connectivity index (χ4n) is 3.11. The van der Waals surface area contributed by atoms with Crippen LogP contribution in [0, 0.1) is 0 Å². The predicted molar refractivity (Wildman–Crippen MR) is 102 cm³/mol. The number of aromatic nitrogens is 1. The van der Waals surface area contributed by atoms with Crippen LogP contribution in [0.4, 0.5) is 0 Å². The minimum Gasteiger partial charge on any atom is -0.480 e. The van der Waals surface area contributed by atoms with Crippen molar-refractivity contribution in [2.24, 2.45) is 0 Å². The second kappa shape index (κ2) is 8.30. The Morgan fingerprint density at radius 3 is 2.71 bits per heavy atom. The molecule has 1 fully saturated rings. The molecule has 3 rings (SSSR count). The van der Waals surface area contributed by atoms with E-state index in [-0.39, 0.29) is 18.6 Å². The molecule has 2 aromatic rings. The van der Waals surface area contributed by atoms with Crippen molar-refractivity contribution in [3.05, 3.63) is 33.3 Å². The van der Waals surface area contributed by atoms with E-state index < -0.39 is 0 Å². The van der Waals surface area contributed by atoms with E-state index in [4.69, 9.17) is 4.74 Å². The molecular weight excluding hydrogens is 436 g/mol. The topological polar surface area (TPSA) is 51.2 Å². The van der Waals surface area contributed by atoms with Crippen molar-refractivity contribution < 1.29 is 9.53 Å². The van der Waals surface area contributed by atoms with Crippen LogP contribution in [0.15, 0.2) is 33.3 Å². The molecule has 1 aromatic carbocycles. The lowest BCUT2D eigenvalue weighted by Crippen LogP contribution is -2.37. The number of carbonyl (C=O) groups excluding carboxylic acids is 1. The minimum atomic E-state index is -0.0687. The van der Waals surface area contributed by atoms with Gasteiger partial charge in [0.2, 0.25) is 0 Å². The van der Waals surface area contributed by atoms with Gasteiger partial charge in [0.15, 0.2) is 12.4 Å². The van der Waals surface area contributed by atoms with Crippen LogP contribution in [0.5, 0.6) is 5.75 Å². The smallest absolute Gasteiger partial charge is 0.258 e. The molecule has 0 radical (unpaired) electrons. The standard InChI is InChI=1S/C18H20Br2N2O2/c19-14-10-15(20)18(17-13(14)8-5-9-21-17)24-11-16(23)22-12-6-3-1-2-4-7-12/h5,8-10,12H,1-4,6-7,11H2,(H,22,23). The molecule has 1 aromatic heterocycles. The van der Waals surface area contributed by atoms with Gasteiger partial charge in [-0.2, -0.15) is 0 Å². The first-order chi connectivity index (χ1) is 11.6. The highest BCUT2D eigenvalue weighted by Gasteiger charge is 2.17. The molecule has 1 saturated carbocycles. The zero-order valence-corrected chi connectivity index (χ0v) is 16.5. The lowest BCUT2D eigenvalue weighted by molar-refractivity contribution is -0.123. The largest absolute Gasteiger partial charge is 0.480 e. The van der Waals surface area contributed by atoms with Crippen LogP contribution >= 0.6 is 31.9 Å². The van der Waals surface area contributed by atoms with Crippen molar-refractivity contribution >= 4 is 48.7 Å². The Hall–Kier alpha value is -1.14. The van der Waals surface area contributed by atoms with Crippen LogP contribution in [0.2, 0.25) is 0 Å². The van der Waals surface area contributed by atoms with E-state index in [1.165, 1.54) is 25.7 Å². The molecule has 6 heteroatoms. The van der Waals surface area contributed by atoms with E-state index in [9.17, 15) is 4.79 Å². The Kier molecular flexibility index (Phi) is 6.11. The van der Waals surface area contributed by atoms with Gasteiger partial charge in [-0.3, -0.25) is 9.78 Å². The number of amides is 1. The van der Waals surface area contributed by atoms with Crippen LogP contribution in [-0.2, 0) is 4.79 Å². The summed E-state index contributed by atoms with van der Waals surface area (Å²) in [6.45, 7) is 0.00239. The maximum Gasteiger partial charge on any atom is 0.258 e. The van der Waals surface area contributed by atoms with Gasteiger partial charge in [0.25, 0.3) is 5.91 Å². The number of nitrogens with zero attached hydrogens (tertiary/aromatic N) is 1. The minimum absolute atomic E-state index is 0.00239. The average Bonchev–Trinajstić information content (AvgIpc) is 2.83. The summed E-state index contributed by atoms with van der Waals surface area (Å²) in [6.07, 6.45) is 8.78. The number of hydrogen-bond acceptors (Lipinski definition) is 3. The van der Waals surface area contributed by atoms with Crippen molar-refractivity contribution in [3.63, 3.8) is 0 Å². The van der Waals surface area contributed by atoms with Crippen LogP contribution in [-0.4, -0.2) is 23.5 Å². The quantitative estimate of drug-likeness (QED) is 0.661. The second-order valence-electron chi connectivity index (χ2n) is 6.11. The van der Waals surface area contributed by atoms with Gasteiger partial charge in [0.05, 0.1) is 4.47 Å². The summed E-state index contributed by atoms with van der Waals surface area (Å²) in [5, 5.41) is 4.06. The van der Waals surface area contributed by atoms with Gasteiger partial charge >= 0.3 is 0 Å². The maximum absolute atomic E-state index is 12.2. The average molecular weight is 456 g/mol. The molecule has 0 atom stereocenters. The van der Waals surface area contributed by atoms with E-state index >= 15 is 0 Å². The van der Waals surface area contributed by atoms with Crippen molar-refractivity contribution in [3.8, 4) is 5.75 Å². The summed E-state index contributed by atoms with van der Waals surface area (Å²) in [4.78, 5) is 16.6. The Labute approximate surface area is 158 Å². The van der Waals surface area contributed by atoms with Gasteiger partial charge in [-0.15, -0.1) is 0 Å². The molecule has 24 heavy (non-hydrogen) atoms. The SMILES string of the molecule is O=C(COc1c(Br)cc(Br)c2cccnc12)NC1CCCCCC1. The van der Waals surface area contributed by atoms with E-state index in [0.29, 0.717) is 5.75 Å². The third-order valence-corrected chi connectivity index (χ3v) is 5.56. The van der Waals surface area contributed by atoms with Gasteiger partial charge in [-0.1, -0.05) is 47.7 Å². The summed E-state index contributed by atoms with van der Waals surface area (Å²) in [5.74, 6) is 0.533. The number of halogens is 2. The summed E-state index contributed by atoms with van der Waals surface area (Å²) in [5.41, 5.74) is 0.737. The maximum atomic E-state index is 12.2. The van der Waals surface area contributed by atoms with Gasteiger partial charge in [-0.05, 0) is 40.9 Å². The molecule has 0 unspecified atom stereocenters. The van der Waals surface area contributed by atoms with Crippen LogP contribution in [0.25, 0.3) is 10.9 Å². The zero-order valence-electron chi connectivity index (χ0n) is 13.4. The molecule has 0 aliphatic heterocycles. The number of hydrogen-bond donors (Lipinski definition) is 1. The van der Waals surface area contributed by atoms with Gasteiger partial charge in [0.1, 0.15) is 5.52 Å². The Balaban J connectivity index is 1.68. The summed E-state index contributed by atoms with van der Waals surface area (Å²) < 4.78 is 7.52. The Morgan fingerprint density at radius 2 is 1.96 bits per heavy atom. The zero-order chi connectivity index (χ0) is 16.9. The number of ether oxygens (including phenoxy) is 1. The van der Waals surface area contributed by atoms with Crippen molar-refractivity contribution in [2.75, 3.05) is 6.61 Å². The van der Waals surface area contributed by atoms with Crippen LogP contribution in [0.1, 0.15) is 38.5 Å². The first kappa shape index (κ1) is 17.7. The van der Waals surface area contributed by atoms with Crippen molar-refractivity contribution in [1.29, 1.82) is 0 Å². The number of nitrogens with one attached hydrogen (secondary N) is 1. The fraction of sp³-hybridized carbons (Fsp3) is 0.444. The van der Waals surface area contributed by atoms with E-state index in [2.05, 4.69) is 42.2 Å². The van der Waals surface area contributed by atoms with Gasteiger partial charge in [0, 0.05) is 22.1 Å². The number of pyridine rings is 1. The number of benzene rings is 1. The molecule has 1 heterocycles. The normalized spacial score (nSPS) is 15.9. The first-order valence-corrected chi connectivity index (χ1v) is 9.88. The predicted octanol–water partition coefficient (Wildman–Crippen LogP) is 4.98. The fourth-order valence-corrected chi connectivity index (χ4v) is 4.50. The molecule has 0 saturated heterocycles. The summed E-state index contributed by atoms with van der Waals surface area (Å²) >= 11 is 7.03. The lowest BCUT2D eigenvalue weighted by Gasteiger charge is -2.17. The lowest BCUT2D eigenvalue weighted by atomic mass is 10.1. The molecule has 1 N–H and O–H groups in total. The Bertz CT molecular complexity index is 728. The molecule has 0 spiro atoms. The number of carbonyl (C=O) groups is 1. The van der Waals surface area contributed by atoms with Gasteiger partial charge in [-0.25, -0.2) is 0 Å². The Morgan fingerprint density at radius 1 is 1.21 bits per heavy atom. The molecule has 1 aliphatic rings. The molecule has 0 bridgehead atoms. The molecule has 1 amide bonds. The third-order valence-electron chi connectivity index (χ3n) is 4.32. The van der Waals surface area contributed by atoms with E-state index in [0.717, 1.165) is 32.7 Å². The third kappa shape index (κ3) is 4.28. The van der Waals surface area contributed by atoms with Gasteiger partial charge < -0.3 is 10.1 Å². The van der Waals surface area contributed by atoms with Crippen molar-refractivity contribution in [2.45, 2.75) is 44.6 Å². The molecule has 128 valence electrons. The molecule has 1 aliphatic carbocycles.